The summed E-state index contributed by atoms with van der Waals surface area (Å²) in [6.45, 7) is 1.14. The Hall–Kier alpha value is -2.50. The molecule has 3 rings (SSSR count). The van der Waals surface area contributed by atoms with Gasteiger partial charge in [-0.2, -0.15) is 0 Å². The summed E-state index contributed by atoms with van der Waals surface area (Å²) in [6.07, 6.45) is 2.36. The van der Waals surface area contributed by atoms with E-state index in [1.807, 2.05) is 0 Å². The number of rotatable bonds is 3. The molecule has 1 aromatic carbocycles. The summed E-state index contributed by atoms with van der Waals surface area (Å²) in [6, 6.07) is 5.18. The van der Waals surface area contributed by atoms with Gasteiger partial charge >= 0.3 is 0 Å². The number of aromatic nitrogens is 1. The molecule has 110 valence electrons. The van der Waals surface area contributed by atoms with Crippen LogP contribution in [0.4, 0.5) is 0 Å². The maximum Gasteiger partial charge on any atom is 0.254 e. The van der Waals surface area contributed by atoms with Gasteiger partial charge in [-0.3, -0.25) is 4.79 Å². The van der Waals surface area contributed by atoms with Crippen molar-refractivity contribution in [1.29, 1.82) is 0 Å². The third kappa shape index (κ3) is 2.44. The van der Waals surface area contributed by atoms with E-state index < -0.39 is 0 Å². The SMILES string of the molecule is COc1ccc(C(=O)N2CCc3oncc3C2)cc1OC. The highest BCUT2D eigenvalue weighted by Crippen LogP contribution is 2.29. The predicted octanol–water partition coefficient (Wildman–Crippen LogP) is 1.89. The number of carbonyl (C=O) groups excluding carboxylic acids is 1. The van der Waals surface area contributed by atoms with Crippen molar-refractivity contribution in [1.82, 2.24) is 10.1 Å². The number of hydrogen-bond donors (Lipinski definition) is 0. The first-order chi connectivity index (χ1) is 10.2. The molecule has 0 aliphatic carbocycles. The van der Waals surface area contributed by atoms with Gasteiger partial charge in [0, 0.05) is 24.1 Å². The molecule has 21 heavy (non-hydrogen) atoms. The molecule has 6 nitrogen and oxygen atoms in total. The van der Waals surface area contributed by atoms with Gasteiger partial charge in [-0.1, -0.05) is 5.16 Å². The standard InChI is InChI=1S/C15H16N2O4/c1-19-13-4-3-10(7-14(13)20-2)15(18)17-6-5-12-11(9-17)8-16-21-12/h3-4,7-8H,5-6,9H2,1-2H3. The number of methoxy groups -OCH3 is 2. The van der Waals surface area contributed by atoms with Crippen LogP contribution in [0.3, 0.4) is 0 Å². The lowest BCUT2D eigenvalue weighted by Gasteiger charge is -2.26. The molecule has 0 unspecified atom stereocenters. The number of carbonyl (C=O) groups is 1. The van der Waals surface area contributed by atoms with Gasteiger partial charge in [0.05, 0.1) is 27.0 Å². The zero-order valence-electron chi connectivity index (χ0n) is 12.0. The first-order valence-corrected chi connectivity index (χ1v) is 6.66. The lowest BCUT2D eigenvalue weighted by atomic mass is 10.1. The largest absolute Gasteiger partial charge is 0.493 e. The number of fused-ring (bicyclic) bond motifs is 1. The fourth-order valence-corrected chi connectivity index (χ4v) is 2.47. The molecule has 1 aliphatic rings. The quantitative estimate of drug-likeness (QED) is 0.863. The second kappa shape index (κ2) is 5.47. The van der Waals surface area contributed by atoms with Gasteiger partial charge in [0.1, 0.15) is 5.76 Å². The molecule has 0 fully saturated rings. The van der Waals surface area contributed by atoms with Crippen molar-refractivity contribution in [2.45, 2.75) is 13.0 Å². The molecule has 0 spiro atoms. The molecule has 0 saturated carbocycles. The van der Waals surface area contributed by atoms with Crippen LogP contribution in [0.15, 0.2) is 28.9 Å². The van der Waals surface area contributed by atoms with Crippen molar-refractivity contribution in [2.24, 2.45) is 0 Å². The Kier molecular flexibility index (Phi) is 3.51. The first kappa shape index (κ1) is 13.5. The van der Waals surface area contributed by atoms with Gasteiger partial charge in [-0.05, 0) is 18.2 Å². The average molecular weight is 288 g/mol. The van der Waals surface area contributed by atoms with Gasteiger partial charge in [0.25, 0.3) is 5.91 Å². The molecule has 1 aromatic heterocycles. The Balaban J connectivity index is 1.83. The Morgan fingerprint density at radius 1 is 1.29 bits per heavy atom. The molecule has 0 radical (unpaired) electrons. The van der Waals surface area contributed by atoms with Crippen LogP contribution in [-0.4, -0.2) is 36.7 Å². The van der Waals surface area contributed by atoms with E-state index in [0.717, 1.165) is 11.3 Å². The number of ether oxygens (including phenoxy) is 2. The number of nitrogens with zero attached hydrogens (tertiary/aromatic N) is 2. The molecule has 2 aromatic rings. The number of amides is 1. The van der Waals surface area contributed by atoms with Crippen LogP contribution in [-0.2, 0) is 13.0 Å². The van der Waals surface area contributed by atoms with Crippen molar-refractivity contribution >= 4 is 5.91 Å². The topological polar surface area (TPSA) is 64.8 Å². The summed E-state index contributed by atoms with van der Waals surface area (Å²) in [7, 11) is 3.12. The minimum Gasteiger partial charge on any atom is -0.493 e. The highest BCUT2D eigenvalue weighted by molar-refractivity contribution is 5.95. The molecule has 6 heteroatoms. The second-order valence-electron chi connectivity index (χ2n) is 4.82. The maximum atomic E-state index is 12.6. The zero-order valence-corrected chi connectivity index (χ0v) is 12.0. The van der Waals surface area contributed by atoms with Crippen molar-refractivity contribution < 1.29 is 18.8 Å². The highest BCUT2D eigenvalue weighted by atomic mass is 16.5. The summed E-state index contributed by atoms with van der Waals surface area (Å²) >= 11 is 0. The van der Waals surface area contributed by atoms with Crippen LogP contribution in [0, 0.1) is 0 Å². The zero-order chi connectivity index (χ0) is 14.8. The first-order valence-electron chi connectivity index (χ1n) is 6.66. The third-order valence-corrected chi connectivity index (χ3v) is 3.62. The van der Waals surface area contributed by atoms with Crippen molar-refractivity contribution in [3.8, 4) is 11.5 Å². The fourth-order valence-electron chi connectivity index (χ4n) is 2.47. The van der Waals surface area contributed by atoms with Gasteiger partial charge < -0.3 is 18.9 Å². The number of hydrogen-bond acceptors (Lipinski definition) is 5. The lowest BCUT2D eigenvalue weighted by molar-refractivity contribution is 0.0728. The van der Waals surface area contributed by atoms with Gasteiger partial charge in [-0.25, -0.2) is 0 Å². The van der Waals surface area contributed by atoms with E-state index >= 15 is 0 Å². The van der Waals surface area contributed by atoms with Crippen LogP contribution in [0.5, 0.6) is 11.5 Å². The Morgan fingerprint density at radius 2 is 2.10 bits per heavy atom. The summed E-state index contributed by atoms with van der Waals surface area (Å²) in [5.74, 6) is 1.98. The molecule has 0 bridgehead atoms. The van der Waals surface area contributed by atoms with Crippen LogP contribution in [0.25, 0.3) is 0 Å². The minimum atomic E-state index is -0.0391. The molecule has 1 amide bonds. The van der Waals surface area contributed by atoms with E-state index in [2.05, 4.69) is 5.16 Å². The van der Waals surface area contributed by atoms with Gasteiger partial charge in [-0.15, -0.1) is 0 Å². The lowest BCUT2D eigenvalue weighted by Crippen LogP contribution is -2.35. The van der Waals surface area contributed by atoms with Gasteiger partial charge in [0.15, 0.2) is 11.5 Å². The van der Waals surface area contributed by atoms with Crippen LogP contribution in [0.2, 0.25) is 0 Å². The van der Waals surface area contributed by atoms with E-state index in [9.17, 15) is 4.79 Å². The third-order valence-electron chi connectivity index (χ3n) is 3.62. The van der Waals surface area contributed by atoms with Crippen LogP contribution < -0.4 is 9.47 Å². The minimum absolute atomic E-state index is 0.0391. The van der Waals surface area contributed by atoms with Crippen LogP contribution >= 0.6 is 0 Å². The molecule has 0 saturated heterocycles. The van der Waals surface area contributed by atoms with E-state index in [0.29, 0.717) is 36.6 Å². The Labute approximate surface area is 122 Å². The van der Waals surface area contributed by atoms with Crippen molar-refractivity contribution in [3.63, 3.8) is 0 Å². The van der Waals surface area contributed by atoms with Gasteiger partial charge in [0.2, 0.25) is 0 Å². The summed E-state index contributed by atoms with van der Waals surface area (Å²) in [5.41, 5.74) is 1.54. The Morgan fingerprint density at radius 3 is 2.86 bits per heavy atom. The van der Waals surface area contributed by atoms with E-state index in [1.54, 1.807) is 43.5 Å². The van der Waals surface area contributed by atoms with E-state index in [1.165, 1.54) is 0 Å². The Bertz CT molecular complexity index is 665. The van der Waals surface area contributed by atoms with E-state index in [-0.39, 0.29) is 5.91 Å². The molecular weight excluding hydrogens is 272 g/mol. The fraction of sp³-hybridized carbons (Fsp3) is 0.333. The summed E-state index contributed by atoms with van der Waals surface area (Å²) in [5, 5.41) is 3.77. The molecule has 1 aliphatic heterocycles. The van der Waals surface area contributed by atoms with E-state index in [4.69, 9.17) is 14.0 Å². The number of benzene rings is 1. The second-order valence-corrected chi connectivity index (χ2v) is 4.82. The molecule has 0 atom stereocenters. The molecule has 0 N–H and O–H groups in total. The monoisotopic (exact) mass is 288 g/mol. The summed E-state index contributed by atoms with van der Waals surface area (Å²) < 4.78 is 15.6. The average Bonchev–Trinajstić information content (AvgIpc) is 3.00. The smallest absolute Gasteiger partial charge is 0.254 e. The predicted molar refractivity (Wildman–Crippen MR) is 74.5 cm³/mol. The molecular formula is C15H16N2O4. The van der Waals surface area contributed by atoms with Crippen LogP contribution in [0.1, 0.15) is 21.7 Å². The molecule has 2 heterocycles. The summed E-state index contributed by atoms with van der Waals surface area (Å²) in [4.78, 5) is 14.4. The maximum absolute atomic E-state index is 12.6. The van der Waals surface area contributed by atoms with Crippen molar-refractivity contribution in [3.05, 3.63) is 41.3 Å². The normalized spacial score (nSPS) is 13.7. The highest BCUT2D eigenvalue weighted by Gasteiger charge is 2.24. The van der Waals surface area contributed by atoms with Crippen molar-refractivity contribution in [2.75, 3.05) is 20.8 Å².